The van der Waals surface area contributed by atoms with Crippen molar-refractivity contribution in [3.8, 4) is 0 Å². The van der Waals surface area contributed by atoms with Gasteiger partial charge in [0.15, 0.2) is 5.16 Å². The highest BCUT2D eigenvalue weighted by molar-refractivity contribution is 8.00. The van der Waals surface area contributed by atoms with Gasteiger partial charge in [-0.25, -0.2) is 4.98 Å². The fraction of sp³-hybridized carbons (Fsp3) is 0.571. The zero-order valence-corrected chi connectivity index (χ0v) is 17.6. The highest BCUT2D eigenvalue weighted by atomic mass is 32.2. The molecule has 0 radical (unpaired) electrons. The Morgan fingerprint density at radius 1 is 1.36 bits per heavy atom. The summed E-state index contributed by atoms with van der Waals surface area (Å²) in [5.41, 5.74) is 0.552. The van der Waals surface area contributed by atoms with Crippen molar-refractivity contribution in [3.05, 3.63) is 34.6 Å². The molecule has 3 atom stereocenters. The predicted octanol–water partition coefficient (Wildman–Crippen LogP) is 3.22. The molecule has 1 aliphatic carbocycles. The number of benzene rings is 1. The van der Waals surface area contributed by atoms with E-state index in [1.165, 1.54) is 24.6 Å². The number of para-hydroxylation sites is 1. The van der Waals surface area contributed by atoms with Crippen LogP contribution in [-0.2, 0) is 16.1 Å². The number of aromatic nitrogens is 2. The summed E-state index contributed by atoms with van der Waals surface area (Å²) in [7, 11) is 1.60. The number of hydrogen-bond donors (Lipinski definition) is 1. The summed E-state index contributed by atoms with van der Waals surface area (Å²) in [5, 5.41) is 4.00. The molecule has 6 nitrogen and oxygen atoms in total. The molecule has 28 heavy (non-hydrogen) atoms. The molecular weight excluding hydrogens is 374 g/mol. The van der Waals surface area contributed by atoms with Crippen molar-refractivity contribution in [1.29, 1.82) is 0 Å². The number of rotatable bonds is 7. The van der Waals surface area contributed by atoms with Gasteiger partial charge >= 0.3 is 0 Å². The first-order valence-electron chi connectivity index (χ1n) is 9.96. The summed E-state index contributed by atoms with van der Waals surface area (Å²) in [6.45, 7) is 4.89. The first kappa shape index (κ1) is 20.9. The molecule has 152 valence electrons. The van der Waals surface area contributed by atoms with Crippen LogP contribution in [0.3, 0.4) is 0 Å². The van der Waals surface area contributed by atoms with Crippen molar-refractivity contribution in [2.24, 2.45) is 5.92 Å². The largest absolute Gasteiger partial charge is 0.383 e. The number of carbonyl (C=O) groups is 1. The first-order valence-corrected chi connectivity index (χ1v) is 10.8. The fourth-order valence-electron chi connectivity index (χ4n) is 3.66. The Labute approximate surface area is 170 Å². The lowest BCUT2D eigenvalue weighted by molar-refractivity contribution is -0.121. The number of nitrogens with zero attached hydrogens (tertiary/aromatic N) is 2. The normalized spacial score (nSPS) is 20.8. The van der Waals surface area contributed by atoms with Crippen LogP contribution < -0.4 is 10.9 Å². The maximum atomic E-state index is 12.9. The van der Waals surface area contributed by atoms with Gasteiger partial charge in [-0.2, -0.15) is 0 Å². The average Bonchev–Trinajstić information content (AvgIpc) is 2.69. The number of thioether (sulfide) groups is 1. The minimum atomic E-state index is -0.337. The van der Waals surface area contributed by atoms with Gasteiger partial charge in [0.1, 0.15) is 0 Å². The molecule has 0 unspecified atom stereocenters. The average molecular weight is 404 g/mol. The van der Waals surface area contributed by atoms with Gasteiger partial charge in [0.25, 0.3) is 5.56 Å². The standard InChI is InChI=1S/C21H29N3O3S/c1-14-8-4-6-10-17(14)22-19(25)15(2)28-21-23-18-11-7-5-9-16(18)20(26)24(21)12-13-27-3/h5,7,9,11,14-15,17H,4,6,8,10,12-13H2,1-3H3,(H,22,25)/t14-,15-,17+/m0/s1. The quantitative estimate of drug-likeness (QED) is 0.568. The maximum absolute atomic E-state index is 12.9. The van der Waals surface area contributed by atoms with E-state index < -0.39 is 0 Å². The number of ether oxygens (including phenoxy) is 1. The molecule has 1 amide bonds. The zero-order valence-electron chi connectivity index (χ0n) is 16.8. The van der Waals surface area contributed by atoms with Crippen LogP contribution in [0.1, 0.15) is 39.5 Å². The van der Waals surface area contributed by atoms with Crippen LogP contribution >= 0.6 is 11.8 Å². The number of fused-ring (bicyclic) bond motifs is 1. The maximum Gasteiger partial charge on any atom is 0.262 e. The molecule has 1 aliphatic rings. The fourth-order valence-corrected chi connectivity index (χ4v) is 4.60. The third-order valence-corrected chi connectivity index (χ3v) is 6.53. The molecule has 1 N–H and O–H groups in total. The van der Waals surface area contributed by atoms with Crippen LogP contribution in [0, 0.1) is 5.92 Å². The van der Waals surface area contributed by atoms with Gasteiger partial charge in [-0.15, -0.1) is 0 Å². The number of amides is 1. The van der Waals surface area contributed by atoms with E-state index >= 15 is 0 Å². The van der Waals surface area contributed by atoms with Gasteiger partial charge in [0, 0.05) is 13.2 Å². The van der Waals surface area contributed by atoms with Crippen molar-refractivity contribution in [1.82, 2.24) is 14.9 Å². The second-order valence-electron chi connectivity index (χ2n) is 7.50. The predicted molar refractivity (Wildman–Crippen MR) is 113 cm³/mol. The Bertz CT molecular complexity index is 883. The molecule has 2 aromatic rings. The van der Waals surface area contributed by atoms with Gasteiger partial charge in [0.2, 0.25) is 5.91 Å². The third kappa shape index (κ3) is 4.75. The van der Waals surface area contributed by atoms with Crippen molar-refractivity contribution in [2.45, 2.75) is 62.5 Å². The van der Waals surface area contributed by atoms with Crippen LogP contribution in [0.4, 0.5) is 0 Å². The third-order valence-electron chi connectivity index (χ3n) is 5.44. The molecule has 0 saturated heterocycles. The number of carbonyl (C=O) groups excluding carboxylic acids is 1. The van der Waals surface area contributed by atoms with Gasteiger partial charge in [-0.05, 0) is 37.8 Å². The molecule has 1 aromatic heterocycles. The van der Waals surface area contributed by atoms with Crippen LogP contribution in [0.25, 0.3) is 10.9 Å². The van der Waals surface area contributed by atoms with E-state index in [4.69, 9.17) is 4.74 Å². The summed E-state index contributed by atoms with van der Waals surface area (Å²) in [6.07, 6.45) is 4.61. The van der Waals surface area contributed by atoms with Crippen molar-refractivity contribution < 1.29 is 9.53 Å². The van der Waals surface area contributed by atoms with E-state index in [-0.39, 0.29) is 22.8 Å². The Morgan fingerprint density at radius 3 is 2.86 bits per heavy atom. The van der Waals surface area contributed by atoms with Gasteiger partial charge < -0.3 is 10.1 Å². The molecule has 3 rings (SSSR count). The SMILES string of the molecule is COCCn1c(S[C@@H](C)C(=O)N[C@@H]2CCCC[C@@H]2C)nc2ccccc2c1=O. The topological polar surface area (TPSA) is 73.2 Å². The van der Waals surface area contributed by atoms with Crippen LogP contribution in [0.5, 0.6) is 0 Å². The van der Waals surface area contributed by atoms with E-state index in [0.717, 1.165) is 12.8 Å². The van der Waals surface area contributed by atoms with E-state index in [9.17, 15) is 9.59 Å². The first-order chi connectivity index (χ1) is 13.5. The van der Waals surface area contributed by atoms with Crippen LogP contribution in [-0.4, -0.2) is 40.5 Å². The van der Waals surface area contributed by atoms with Crippen LogP contribution in [0.2, 0.25) is 0 Å². The van der Waals surface area contributed by atoms with Crippen molar-refractivity contribution in [2.75, 3.05) is 13.7 Å². The Kier molecular flexibility index (Phi) is 7.13. The molecule has 1 heterocycles. The minimum absolute atomic E-state index is 0.00412. The lowest BCUT2D eigenvalue weighted by Gasteiger charge is -2.30. The number of nitrogens with one attached hydrogen (secondary N) is 1. The molecule has 0 bridgehead atoms. The van der Waals surface area contributed by atoms with Crippen molar-refractivity contribution in [3.63, 3.8) is 0 Å². The monoisotopic (exact) mass is 403 g/mol. The Hall–Kier alpha value is -1.86. The lowest BCUT2D eigenvalue weighted by atomic mass is 9.86. The summed E-state index contributed by atoms with van der Waals surface area (Å²) in [6, 6.07) is 7.55. The minimum Gasteiger partial charge on any atom is -0.383 e. The molecule has 0 aliphatic heterocycles. The van der Waals surface area contributed by atoms with Crippen LogP contribution in [0.15, 0.2) is 34.2 Å². The van der Waals surface area contributed by atoms with Crippen molar-refractivity contribution >= 4 is 28.6 Å². The number of methoxy groups -OCH3 is 1. The molecule has 1 fully saturated rings. The van der Waals surface area contributed by atoms with E-state index in [1.807, 2.05) is 25.1 Å². The van der Waals surface area contributed by atoms with Gasteiger partial charge in [-0.3, -0.25) is 14.2 Å². The van der Waals surface area contributed by atoms with Gasteiger partial charge in [-0.1, -0.05) is 43.7 Å². The summed E-state index contributed by atoms with van der Waals surface area (Å²) in [5.74, 6) is 0.512. The molecule has 7 heteroatoms. The second kappa shape index (κ2) is 9.56. The molecule has 1 saturated carbocycles. The lowest BCUT2D eigenvalue weighted by Crippen LogP contribution is -2.44. The van der Waals surface area contributed by atoms with E-state index in [0.29, 0.717) is 35.1 Å². The van der Waals surface area contributed by atoms with Gasteiger partial charge in [0.05, 0.1) is 29.3 Å². The smallest absolute Gasteiger partial charge is 0.262 e. The van der Waals surface area contributed by atoms with E-state index in [2.05, 4.69) is 17.2 Å². The summed E-state index contributed by atoms with van der Waals surface area (Å²) in [4.78, 5) is 30.3. The molecule has 1 aromatic carbocycles. The Balaban J connectivity index is 1.81. The zero-order chi connectivity index (χ0) is 20.1. The summed E-state index contributed by atoms with van der Waals surface area (Å²) < 4.78 is 6.77. The highest BCUT2D eigenvalue weighted by Crippen LogP contribution is 2.26. The van der Waals surface area contributed by atoms with E-state index in [1.54, 1.807) is 17.7 Å². The molecule has 0 spiro atoms. The Morgan fingerprint density at radius 2 is 2.11 bits per heavy atom. The highest BCUT2D eigenvalue weighted by Gasteiger charge is 2.26. The summed E-state index contributed by atoms with van der Waals surface area (Å²) >= 11 is 1.33. The molecular formula is C21H29N3O3S. The number of hydrogen-bond acceptors (Lipinski definition) is 5. The second-order valence-corrected chi connectivity index (χ2v) is 8.81.